The van der Waals surface area contributed by atoms with Gasteiger partial charge in [0.05, 0.1) is 12.9 Å². The Morgan fingerprint density at radius 3 is 2.81 bits per heavy atom. The van der Waals surface area contributed by atoms with E-state index < -0.39 is 0 Å². The first-order valence-electron chi connectivity index (χ1n) is 6.49. The minimum absolute atomic E-state index is 0.507. The van der Waals surface area contributed by atoms with Gasteiger partial charge in [0.15, 0.2) is 0 Å². The van der Waals surface area contributed by atoms with E-state index in [2.05, 4.69) is 32.7 Å². The van der Waals surface area contributed by atoms with Crippen LogP contribution in [0.3, 0.4) is 0 Å². The normalized spacial score (nSPS) is 28.7. The van der Waals surface area contributed by atoms with Gasteiger partial charge in [0.1, 0.15) is 0 Å². The van der Waals surface area contributed by atoms with Crippen LogP contribution in [0.2, 0.25) is 0 Å². The van der Waals surface area contributed by atoms with Crippen molar-refractivity contribution in [3.8, 4) is 0 Å². The summed E-state index contributed by atoms with van der Waals surface area (Å²) in [5, 5.41) is 3.65. The molecule has 0 bridgehead atoms. The predicted octanol–water partition coefficient (Wildman–Crippen LogP) is 3.34. The highest BCUT2D eigenvalue weighted by Gasteiger charge is 2.31. The molecule has 0 spiro atoms. The third kappa shape index (κ3) is 5.02. The minimum atomic E-state index is 0.507. The van der Waals surface area contributed by atoms with Crippen LogP contribution in [0.25, 0.3) is 0 Å². The van der Waals surface area contributed by atoms with Crippen LogP contribution in [0.4, 0.5) is 0 Å². The predicted molar refractivity (Wildman–Crippen MR) is 69.4 cm³/mol. The lowest BCUT2D eigenvalue weighted by Crippen LogP contribution is -2.40. The molecule has 0 aromatic carbocycles. The average Bonchev–Trinajstić information content (AvgIpc) is 2.14. The molecule has 1 saturated carbocycles. The number of rotatable bonds is 6. The van der Waals surface area contributed by atoms with Crippen molar-refractivity contribution in [2.24, 2.45) is 11.3 Å². The second-order valence-electron chi connectivity index (χ2n) is 5.96. The van der Waals surface area contributed by atoms with Gasteiger partial charge in [-0.3, -0.25) is 0 Å². The molecule has 0 amide bonds. The molecule has 1 aliphatic carbocycles. The zero-order valence-electron chi connectivity index (χ0n) is 11.1. The van der Waals surface area contributed by atoms with Crippen molar-refractivity contribution < 1.29 is 4.74 Å². The first-order chi connectivity index (χ1) is 7.53. The standard InChI is InChI=1S/C14H27NO/c1-5-16-8-6-7-15-13-9-12(2)10-14(3,4)11-13/h5,12-13,15H,1,6-11H2,2-4H3. The highest BCUT2D eigenvalue weighted by Crippen LogP contribution is 2.38. The van der Waals surface area contributed by atoms with Crippen LogP contribution in [-0.4, -0.2) is 19.2 Å². The monoisotopic (exact) mass is 225 g/mol. The Labute approximate surface area is 100 Å². The molecule has 0 aromatic rings. The van der Waals surface area contributed by atoms with Gasteiger partial charge < -0.3 is 10.1 Å². The van der Waals surface area contributed by atoms with Crippen molar-refractivity contribution in [2.75, 3.05) is 13.2 Å². The summed E-state index contributed by atoms with van der Waals surface area (Å²) < 4.78 is 5.11. The summed E-state index contributed by atoms with van der Waals surface area (Å²) in [7, 11) is 0. The largest absolute Gasteiger partial charge is 0.502 e. The number of nitrogens with one attached hydrogen (secondary N) is 1. The van der Waals surface area contributed by atoms with Crippen LogP contribution in [0, 0.1) is 11.3 Å². The summed E-state index contributed by atoms with van der Waals surface area (Å²) in [4.78, 5) is 0. The van der Waals surface area contributed by atoms with Gasteiger partial charge in [-0.25, -0.2) is 0 Å². The first-order valence-corrected chi connectivity index (χ1v) is 6.49. The average molecular weight is 225 g/mol. The molecule has 2 heteroatoms. The maximum Gasteiger partial charge on any atom is 0.0885 e. The molecule has 1 N–H and O–H groups in total. The van der Waals surface area contributed by atoms with Crippen LogP contribution in [0.15, 0.2) is 12.8 Å². The van der Waals surface area contributed by atoms with Crippen molar-refractivity contribution in [3.05, 3.63) is 12.8 Å². The summed E-state index contributed by atoms with van der Waals surface area (Å²) in [5.41, 5.74) is 0.507. The molecule has 94 valence electrons. The zero-order chi connectivity index (χ0) is 12.0. The Bertz CT molecular complexity index is 213. The Hall–Kier alpha value is -0.500. The van der Waals surface area contributed by atoms with Crippen LogP contribution < -0.4 is 5.32 Å². The summed E-state index contributed by atoms with van der Waals surface area (Å²) in [5.74, 6) is 0.852. The highest BCUT2D eigenvalue weighted by molar-refractivity contribution is 4.86. The maximum absolute atomic E-state index is 5.11. The smallest absolute Gasteiger partial charge is 0.0885 e. The van der Waals surface area contributed by atoms with Crippen LogP contribution in [-0.2, 0) is 4.74 Å². The molecular weight excluding hydrogens is 198 g/mol. The molecule has 1 aliphatic rings. The molecule has 2 atom stereocenters. The molecule has 16 heavy (non-hydrogen) atoms. The fraction of sp³-hybridized carbons (Fsp3) is 0.857. The fourth-order valence-electron chi connectivity index (χ4n) is 3.05. The third-order valence-electron chi connectivity index (χ3n) is 3.38. The van der Waals surface area contributed by atoms with Crippen molar-refractivity contribution in [1.82, 2.24) is 5.32 Å². The van der Waals surface area contributed by atoms with E-state index in [4.69, 9.17) is 4.74 Å². The third-order valence-corrected chi connectivity index (χ3v) is 3.38. The molecular formula is C14H27NO. The van der Waals surface area contributed by atoms with Gasteiger partial charge in [-0.1, -0.05) is 27.4 Å². The van der Waals surface area contributed by atoms with E-state index in [0.717, 1.165) is 25.5 Å². The van der Waals surface area contributed by atoms with Crippen molar-refractivity contribution >= 4 is 0 Å². The van der Waals surface area contributed by atoms with Crippen molar-refractivity contribution in [2.45, 2.75) is 52.5 Å². The summed E-state index contributed by atoms with van der Waals surface area (Å²) >= 11 is 0. The maximum atomic E-state index is 5.11. The van der Waals surface area contributed by atoms with Gasteiger partial charge in [-0.05, 0) is 43.6 Å². The molecule has 1 fully saturated rings. The molecule has 0 radical (unpaired) electrons. The van der Waals surface area contributed by atoms with Gasteiger partial charge in [-0.2, -0.15) is 0 Å². The SMILES string of the molecule is C=COCCCNC1CC(C)CC(C)(C)C1. The highest BCUT2D eigenvalue weighted by atomic mass is 16.5. The van der Waals surface area contributed by atoms with Gasteiger partial charge in [-0.15, -0.1) is 0 Å². The topological polar surface area (TPSA) is 21.3 Å². The van der Waals surface area contributed by atoms with Crippen LogP contribution >= 0.6 is 0 Å². The van der Waals surface area contributed by atoms with E-state index >= 15 is 0 Å². The second-order valence-corrected chi connectivity index (χ2v) is 5.96. The lowest BCUT2D eigenvalue weighted by molar-refractivity contribution is 0.149. The Morgan fingerprint density at radius 1 is 1.44 bits per heavy atom. The van der Waals surface area contributed by atoms with Crippen LogP contribution in [0.1, 0.15) is 46.5 Å². The summed E-state index contributed by atoms with van der Waals surface area (Å²) in [6, 6.07) is 0.697. The van der Waals surface area contributed by atoms with E-state index in [1.165, 1.54) is 25.5 Å². The zero-order valence-corrected chi connectivity index (χ0v) is 11.1. The number of hydrogen-bond acceptors (Lipinski definition) is 2. The second kappa shape index (κ2) is 6.29. The van der Waals surface area contributed by atoms with Gasteiger partial charge in [0.25, 0.3) is 0 Å². The quantitative estimate of drug-likeness (QED) is 0.553. The van der Waals surface area contributed by atoms with Gasteiger partial charge >= 0.3 is 0 Å². The lowest BCUT2D eigenvalue weighted by Gasteiger charge is -2.39. The molecule has 1 rings (SSSR count). The molecule has 0 aromatic heterocycles. The molecule has 0 heterocycles. The molecule has 0 saturated heterocycles. The van der Waals surface area contributed by atoms with E-state index in [1.54, 1.807) is 0 Å². The Balaban J connectivity index is 2.18. The Morgan fingerprint density at radius 2 is 2.19 bits per heavy atom. The van der Waals surface area contributed by atoms with E-state index in [1.807, 2.05) is 0 Å². The van der Waals surface area contributed by atoms with E-state index in [0.29, 0.717) is 11.5 Å². The molecule has 2 unspecified atom stereocenters. The summed E-state index contributed by atoms with van der Waals surface area (Å²) in [6.07, 6.45) is 6.58. The number of ether oxygens (including phenoxy) is 1. The fourth-order valence-corrected chi connectivity index (χ4v) is 3.05. The Kier molecular flexibility index (Phi) is 5.33. The summed E-state index contributed by atoms with van der Waals surface area (Å²) in [6.45, 7) is 12.5. The molecule has 0 aliphatic heterocycles. The minimum Gasteiger partial charge on any atom is -0.502 e. The number of hydrogen-bond donors (Lipinski definition) is 1. The van der Waals surface area contributed by atoms with E-state index in [9.17, 15) is 0 Å². The van der Waals surface area contributed by atoms with Crippen molar-refractivity contribution in [3.63, 3.8) is 0 Å². The van der Waals surface area contributed by atoms with Crippen molar-refractivity contribution in [1.29, 1.82) is 0 Å². The first kappa shape index (κ1) is 13.6. The van der Waals surface area contributed by atoms with Crippen LogP contribution in [0.5, 0.6) is 0 Å². The van der Waals surface area contributed by atoms with E-state index in [-0.39, 0.29) is 0 Å². The molecule has 2 nitrogen and oxygen atoms in total. The lowest BCUT2D eigenvalue weighted by atomic mass is 9.70. The van der Waals surface area contributed by atoms with Gasteiger partial charge in [0.2, 0.25) is 0 Å². The van der Waals surface area contributed by atoms with Gasteiger partial charge in [0, 0.05) is 6.04 Å².